The van der Waals surface area contributed by atoms with Crippen molar-refractivity contribution in [3.05, 3.63) is 35.1 Å². The van der Waals surface area contributed by atoms with Crippen LogP contribution in [0.1, 0.15) is 41.6 Å². The molecule has 0 spiro atoms. The van der Waals surface area contributed by atoms with E-state index in [1.165, 1.54) is 12.1 Å². The van der Waals surface area contributed by atoms with Gasteiger partial charge in [0.2, 0.25) is 5.91 Å². The van der Waals surface area contributed by atoms with Gasteiger partial charge in [0, 0.05) is 24.3 Å². The molecule has 1 amide bonds. The average Bonchev–Trinajstić information content (AvgIpc) is 2.39. The number of hydrogen-bond donors (Lipinski definition) is 3. The number of benzene rings is 1. The topological polar surface area (TPSA) is 75.4 Å². The Kier molecular flexibility index (Phi) is 7.07. The minimum absolute atomic E-state index is 0.185. The van der Waals surface area contributed by atoms with Gasteiger partial charge in [-0.15, -0.1) is 0 Å². The lowest BCUT2D eigenvalue weighted by Gasteiger charge is -2.07. The van der Waals surface area contributed by atoms with E-state index in [0.29, 0.717) is 12.1 Å². The normalized spacial score (nSPS) is 10.6. The molecule has 4 nitrogen and oxygen atoms in total. The number of unbranched alkanes of at least 4 members (excludes halogenated alkanes) is 3. The summed E-state index contributed by atoms with van der Waals surface area (Å²) in [7, 11) is 0. The van der Waals surface area contributed by atoms with Crippen LogP contribution < -0.4 is 11.1 Å². The largest absolute Gasteiger partial charge is 0.396 e. The molecule has 0 aromatic heterocycles. The first kappa shape index (κ1) is 15.6. The lowest BCUT2D eigenvalue weighted by molar-refractivity contribution is 0.1000. The number of aliphatic hydroxyl groups excluding tert-OH is 1. The molecule has 0 aliphatic carbocycles. The lowest BCUT2D eigenvalue weighted by atomic mass is 10.1. The van der Waals surface area contributed by atoms with E-state index in [-0.39, 0.29) is 12.2 Å². The van der Waals surface area contributed by atoms with Gasteiger partial charge in [0.05, 0.1) is 0 Å². The first-order chi connectivity index (χ1) is 9.15. The second-order valence-electron chi connectivity index (χ2n) is 4.49. The van der Waals surface area contributed by atoms with E-state index in [9.17, 15) is 9.18 Å². The Bertz CT molecular complexity index is 410. The first-order valence-electron chi connectivity index (χ1n) is 6.55. The minimum Gasteiger partial charge on any atom is -0.396 e. The van der Waals surface area contributed by atoms with Gasteiger partial charge in [-0.3, -0.25) is 4.79 Å². The van der Waals surface area contributed by atoms with Crippen molar-refractivity contribution < 1.29 is 14.3 Å². The van der Waals surface area contributed by atoms with Crippen LogP contribution >= 0.6 is 0 Å². The Morgan fingerprint density at radius 1 is 1.26 bits per heavy atom. The number of halogens is 1. The summed E-state index contributed by atoms with van der Waals surface area (Å²) in [5.74, 6) is -1.04. The van der Waals surface area contributed by atoms with E-state index in [2.05, 4.69) is 5.32 Å². The van der Waals surface area contributed by atoms with Gasteiger partial charge in [-0.05, 0) is 31.5 Å². The fraction of sp³-hybridized carbons (Fsp3) is 0.500. The molecular formula is C14H21FN2O2. The number of hydrogen-bond acceptors (Lipinski definition) is 3. The molecule has 0 saturated heterocycles. The highest BCUT2D eigenvalue weighted by atomic mass is 19.1. The molecule has 4 N–H and O–H groups in total. The van der Waals surface area contributed by atoms with Crippen molar-refractivity contribution in [2.75, 3.05) is 13.2 Å². The standard InChI is InChI=1S/C14H21FN2O2/c15-13-9-11(14(16)19)5-6-12(13)10-17-7-3-1-2-4-8-18/h5-6,9,17-18H,1-4,7-8,10H2,(H2,16,19). The summed E-state index contributed by atoms with van der Waals surface area (Å²) >= 11 is 0. The second-order valence-corrected chi connectivity index (χ2v) is 4.49. The Hall–Kier alpha value is -1.46. The van der Waals surface area contributed by atoms with Crippen LogP contribution in [0, 0.1) is 5.82 Å². The van der Waals surface area contributed by atoms with Crippen LogP contribution in [-0.2, 0) is 6.54 Å². The number of primary amides is 1. The summed E-state index contributed by atoms with van der Waals surface area (Å²) in [4.78, 5) is 10.9. The Labute approximate surface area is 112 Å². The molecular weight excluding hydrogens is 247 g/mol. The summed E-state index contributed by atoms with van der Waals surface area (Å²) in [5, 5.41) is 11.8. The van der Waals surface area contributed by atoms with Crippen molar-refractivity contribution in [2.24, 2.45) is 5.73 Å². The molecule has 0 aliphatic heterocycles. The number of nitrogens with two attached hydrogens (primary N) is 1. The highest BCUT2D eigenvalue weighted by molar-refractivity contribution is 5.92. The van der Waals surface area contributed by atoms with E-state index in [4.69, 9.17) is 10.8 Å². The van der Waals surface area contributed by atoms with Gasteiger partial charge in [0.1, 0.15) is 5.82 Å². The van der Waals surface area contributed by atoms with E-state index in [0.717, 1.165) is 32.2 Å². The third-order valence-electron chi connectivity index (χ3n) is 2.91. The molecule has 5 heteroatoms. The molecule has 0 atom stereocenters. The quantitative estimate of drug-likeness (QED) is 0.595. The number of nitrogens with one attached hydrogen (secondary N) is 1. The van der Waals surface area contributed by atoms with Crippen molar-refractivity contribution in [3.63, 3.8) is 0 Å². The third-order valence-corrected chi connectivity index (χ3v) is 2.91. The molecule has 0 bridgehead atoms. The summed E-state index contributed by atoms with van der Waals surface area (Å²) in [5.41, 5.74) is 5.79. The number of rotatable bonds is 9. The second kappa shape index (κ2) is 8.61. The van der Waals surface area contributed by atoms with E-state index in [1.54, 1.807) is 6.07 Å². The van der Waals surface area contributed by atoms with Crippen molar-refractivity contribution >= 4 is 5.91 Å². The predicted octanol–water partition coefficient (Wildman–Crippen LogP) is 1.57. The molecule has 1 aromatic carbocycles. The summed E-state index contributed by atoms with van der Waals surface area (Å²) < 4.78 is 13.6. The predicted molar refractivity (Wildman–Crippen MR) is 72.2 cm³/mol. The molecule has 19 heavy (non-hydrogen) atoms. The van der Waals surface area contributed by atoms with Crippen LogP contribution in [0.4, 0.5) is 4.39 Å². The fourth-order valence-corrected chi connectivity index (χ4v) is 1.78. The number of amides is 1. The Morgan fingerprint density at radius 3 is 2.63 bits per heavy atom. The van der Waals surface area contributed by atoms with Crippen LogP contribution in [0.5, 0.6) is 0 Å². The van der Waals surface area contributed by atoms with Crippen LogP contribution in [0.3, 0.4) is 0 Å². The molecule has 0 unspecified atom stereocenters. The zero-order valence-corrected chi connectivity index (χ0v) is 11.0. The average molecular weight is 268 g/mol. The molecule has 0 fully saturated rings. The minimum atomic E-state index is -0.623. The SMILES string of the molecule is NC(=O)c1ccc(CNCCCCCCO)c(F)c1. The van der Waals surface area contributed by atoms with E-state index in [1.807, 2.05) is 0 Å². The maximum Gasteiger partial charge on any atom is 0.248 e. The van der Waals surface area contributed by atoms with Crippen LogP contribution in [0.2, 0.25) is 0 Å². The van der Waals surface area contributed by atoms with Gasteiger partial charge < -0.3 is 16.2 Å². The third kappa shape index (κ3) is 5.81. The van der Waals surface area contributed by atoms with Gasteiger partial charge in [-0.25, -0.2) is 4.39 Å². The van der Waals surface area contributed by atoms with E-state index >= 15 is 0 Å². The zero-order valence-electron chi connectivity index (χ0n) is 11.0. The molecule has 0 heterocycles. The number of aliphatic hydroxyl groups is 1. The monoisotopic (exact) mass is 268 g/mol. The molecule has 1 rings (SSSR count). The Morgan fingerprint density at radius 2 is 2.00 bits per heavy atom. The number of carbonyl (C=O) groups is 1. The van der Waals surface area contributed by atoms with Gasteiger partial charge in [0.15, 0.2) is 0 Å². The molecule has 0 saturated carbocycles. The van der Waals surface area contributed by atoms with Gasteiger partial charge in [0.25, 0.3) is 0 Å². The van der Waals surface area contributed by atoms with Crippen molar-refractivity contribution in [1.29, 1.82) is 0 Å². The van der Waals surface area contributed by atoms with Crippen LogP contribution in [0.15, 0.2) is 18.2 Å². The molecule has 0 radical (unpaired) electrons. The van der Waals surface area contributed by atoms with Gasteiger partial charge in [-0.1, -0.05) is 18.9 Å². The molecule has 106 valence electrons. The summed E-state index contributed by atoms with van der Waals surface area (Å²) in [6, 6.07) is 4.28. The number of carbonyl (C=O) groups excluding carboxylic acids is 1. The molecule has 0 aliphatic rings. The van der Waals surface area contributed by atoms with Gasteiger partial charge >= 0.3 is 0 Å². The highest BCUT2D eigenvalue weighted by Gasteiger charge is 2.06. The van der Waals surface area contributed by atoms with Crippen LogP contribution in [0.25, 0.3) is 0 Å². The Balaban J connectivity index is 2.28. The first-order valence-corrected chi connectivity index (χ1v) is 6.55. The summed E-state index contributed by atoms with van der Waals surface area (Å²) in [6.07, 6.45) is 3.90. The molecule has 1 aromatic rings. The highest BCUT2D eigenvalue weighted by Crippen LogP contribution is 2.10. The zero-order chi connectivity index (χ0) is 14.1. The smallest absolute Gasteiger partial charge is 0.248 e. The van der Waals surface area contributed by atoms with Crippen molar-refractivity contribution in [3.8, 4) is 0 Å². The summed E-state index contributed by atoms with van der Waals surface area (Å²) in [6.45, 7) is 1.48. The van der Waals surface area contributed by atoms with Gasteiger partial charge in [-0.2, -0.15) is 0 Å². The van der Waals surface area contributed by atoms with Crippen molar-refractivity contribution in [1.82, 2.24) is 5.32 Å². The van der Waals surface area contributed by atoms with Crippen LogP contribution in [-0.4, -0.2) is 24.2 Å². The lowest BCUT2D eigenvalue weighted by Crippen LogP contribution is -2.16. The van der Waals surface area contributed by atoms with Crippen molar-refractivity contribution in [2.45, 2.75) is 32.2 Å². The maximum atomic E-state index is 13.6. The van der Waals surface area contributed by atoms with E-state index < -0.39 is 11.7 Å². The maximum absolute atomic E-state index is 13.6. The fourth-order valence-electron chi connectivity index (χ4n) is 1.78.